The molecule has 0 aliphatic heterocycles. The standard InChI is InChI=1S/C14H22FNO3S/c1-11(2)8-9-14(3,17)10-16-20(18,19)13-6-4-12(15)5-7-13/h4-7,11,16-17H,8-10H2,1-3H3. The summed E-state index contributed by atoms with van der Waals surface area (Å²) in [6.45, 7) is 5.61. The van der Waals surface area contributed by atoms with Crippen molar-refractivity contribution in [3.05, 3.63) is 30.1 Å². The van der Waals surface area contributed by atoms with Crippen molar-refractivity contribution < 1.29 is 17.9 Å². The molecular formula is C14H22FNO3S. The average molecular weight is 303 g/mol. The summed E-state index contributed by atoms with van der Waals surface area (Å²) in [5.41, 5.74) is -1.10. The van der Waals surface area contributed by atoms with E-state index >= 15 is 0 Å². The van der Waals surface area contributed by atoms with E-state index in [1.807, 2.05) is 13.8 Å². The molecule has 0 fully saturated rings. The van der Waals surface area contributed by atoms with Gasteiger partial charge in [0.05, 0.1) is 10.5 Å². The van der Waals surface area contributed by atoms with Crippen molar-refractivity contribution in [3.63, 3.8) is 0 Å². The maximum atomic E-state index is 12.8. The summed E-state index contributed by atoms with van der Waals surface area (Å²) < 4.78 is 39.1. The molecule has 20 heavy (non-hydrogen) atoms. The molecule has 0 aliphatic carbocycles. The number of halogens is 1. The summed E-state index contributed by atoms with van der Waals surface area (Å²) in [7, 11) is -3.73. The highest BCUT2D eigenvalue weighted by Crippen LogP contribution is 2.17. The molecule has 114 valence electrons. The highest BCUT2D eigenvalue weighted by Gasteiger charge is 2.24. The van der Waals surface area contributed by atoms with Gasteiger partial charge >= 0.3 is 0 Å². The zero-order valence-electron chi connectivity index (χ0n) is 12.1. The fourth-order valence-electron chi connectivity index (χ4n) is 1.64. The topological polar surface area (TPSA) is 66.4 Å². The van der Waals surface area contributed by atoms with Crippen LogP contribution in [0.2, 0.25) is 0 Å². The van der Waals surface area contributed by atoms with Crippen molar-refractivity contribution >= 4 is 10.0 Å². The summed E-state index contributed by atoms with van der Waals surface area (Å²) in [4.78, 5) is -0.0152. The van der Waals surface area contributed by atoms with Crippen LogP contribution in [-0.2, 0) is 10.0 Å². The monoisotopic (exact) mass is 303 g/mol. The molecule has 1 atom stereocenters. The van der Waals surface area contributed by atoms with E-state index in [2.05, 4.69) is 4.72 Å². The minimum absolute atomic E-state index is 0.0152. The highest BCUT2D eigenvalue weighted by atomic mass is 32.2. The molecule has 4 nitrogen and oxygen atoms in total. The maximum absolute atomic E-state index is 12.8. The van der Waals surface area contributed by atoms with Crippen molar-refractivity contribution in [1.29, 1.82) is 0 Å². The predicted molar refractivity (Wildman–Crippen MR) is 76.3 cm³/mol. The van der Waals surface area contributed by atoms with E-state index in [1.165, 1.54) is 12.1 Å². The lowest BCUT2D eigenvalue weighted by Gasteiger charge is -2.24. The van der Waals surface area contributed by atoms with Gasteiger partial charge in [-0.2, -0.15) is 0 Å². The molecule has 0 saturated carbocycles. The Kier molecular flexibility index (Phi) is 5.68. The molecule has 0 aliphatic rings. The van der Waals surface area contributed by atoms with Crippen LogP contribution in [0.1, 0.15) is 33.6 Å². The fourth-order valence-corrected chi connectivity index (χ4v) is 2.80. The van der Waals surface area contributed by atoms with E-state index in [0.717, 1.165) is 18.6 Å². The Bertz CT molecular complexity index is 524. The second-order valence-corrected chi connectivity index (χ2v) is 7.47. The van der Waals surface area contributed by atoms with Crippen molar-refractivity contribution in [2.24, 2.45) is 5.92 Å². The molecule has 0 amide bonds. The third-order valence-electron chi connectivity index (χ3n) is 3.03. The van der Waals surface area contributed by atoms with Gasteiger partial charge in [-0.3, -0.25) is 0 Å². The average Bonchev–Trinajstić information content (AvgIpc) is 2.35. The van der Waals surface area contributed by atoms with Gasteiger partial charge in [-0.05, 0) is 49.9 Å². The smallest absolute Gasteiger partial charge is 0.240 e. The number of rotatable bonds is 7. The predicted octanol–water partition coefficient (Wildman–Crippen LogP) is 2.29. The van der Waals surface area contributed by atoms with Crippen molar-refractivity contribution in [1.82, 2.24) is 4.72 Å². The van der Waals surface area contributed by atoms with E-state index in [0.29, 0.717) is 12.3 Å². The lowest BCUT2D eigenvalue weighted by molar-refractivity contribution is 0.0506. The molecule has 0 aromatic heterocycles. The Hall–Kier alpha value is -0.980. The van der Waals surface area contributed by atoms with Gasteiger partial charge in [-0.1, -0.05) is 13.8 Å². The first-order valence-electron chi connectivity index (χ1n) is 6.60. The number of hydrogen-bond donors (Lipinski definition) is 2. The van der Waals surface area contributed by atoms with Crippen molar-refractivity contribution in [3.8, 4) is 0 Å². The van der Waals surface area contributed by atoms with Gasteiger partial charge in [-0.25, -0.2) is 17.5 Å². The van der Waals surface area contributed by atoms with Gasteiger partial charge in [0.15, 0.2) is 0 Å². The van der Waals surface area contributed by atoms with E-state index < -0.39 is 21.4 Å². The van der Waals surface area contributed by atoms with Crippen molar-refractivity contribution in [2.45, 2.75) is 44.1 Å². The maximum Gasteiger partial charge on any atom is 0.240 e. The third-order valence-corrected chi connectivity index (χ3v) is 4.44. The Labute approximate surface area is 120 Å². The van der Waals surface area contributed by atoms with Crippen LogP contribution in [0.4, 0.5) is 4.39 Å². The minimum atomic E-state index is -3.73. The zero-order valence-corrected chi connectivity index (χ0v) is 12.9. The van der Waals surface area contributed by atoms with Gasteiger partial charge in [0.25, 0.3) is 0 Å². The normalized spacial score (nSPS) is 15.3. The Morgan fingerprint density at radius 2 is 1.85 bits per heavy atom. The van der Waals surface area contributed by atoms with Crippen LogP contribution in [0.5, 0.6) is 0 Å². The molecule has 0 spiro atoms. The molecular weight excluding hydrogens is 281 g/mol. The van der Waals surface area contributed by atoms with Crippen LogP contribution in [0.3, 0.4) is 0 Å². The summed E-state index contributed by atoms with van der Waals surface area (Å²) in [5, 5.41) is 10.1. The summed E-state index contributed by atoms with van der Waals surface area (Å²) in [6.07, 6.45) is 1.32. The SMILES string of the molecule is CC(C)CCC(C)(O)CNS(=O)(=O)c1ccc(F)cc1. The first-order valence-corrected chi connectivity index (χ1v) is 8.08. The molecule has 0 radical (unpaired) electrons. The third kappa shape index (κ3) is 5.56. The van der Waals surface area contributed by atoms with E-state index in [-0.39, 0.29) is 11.4 Å². The zero-order chi connectivity index (χ0) is 15.4. The number of nitrogens with one attached hydrogen (secondary N) is 1. The second kappa shape index (κ2) is 6.65. The van der Waals surface area contributed by atoms with Crippen molar-refractivity contribution in [2.75, 3.05) is 6.54 Å². The Balaban J connectivity index is 2.65. The van der Waals surface area contributed by atoms with Crippen LogP contribution >= 0.6 is 0 Å². The molecule has 2 N–H and O–H groups in total. The molecule has 0 saturated heterocycles. The summed E-state index contributed by atoms with van der Waals surface area (Å²) in [5.74, 6) is -0.0527. The number of aliphatic hydroxyl groups is 1. The second-order valence-electron chi connectivity index (χ2n) is 5.71. The molecule has 1 aromatic carbocycles. The van der Waals surface area contributed by atoms with Crippen LogP contribution in [0.25, 0.3) is 0 Å². The molecule has 1 rings (SSSR count). The lowest BCUT2D eigenvalue weighted by Crippen LogP contribution is -2.40. The molecule has 0 heterocycles. The van der Waals surface area contributed by atoms with Gasteiger partial charge in [0.1, 0.15) is 5.82 Å². The Morgan fingerprint density at radius 3 is 2.35 bits per heavy atom. The number of sulfonamides is 1. The van der Waals surface area contributed by atoms with Crippen LogP contribution in [0.15, 0.2) is 29.2 Å². The number of benzene rings is 1. The summed E-state index contributed by atoms with van der Waals surface area (Å²) >= 11 is 0. The minimum Gasteiger partial charge on any atom is -0.389 e. The fraction of sp³-hybridized carbons (Fsp3) is 0.571. The van der Waals surface area contributed by atoms with Gasteiger partial charge < -0.3 is 5.11 Å². The summed E-state index contributed by atoms with van der Waals surface area (Å²) in [6, 6.07) is 4.57. The van der Waals surface area contributed by atoms with Crippen LogP contribution in [-0.4, -0.2) is 25.7 Å². The molecule has 6 heteroatoms. The lowest BCUT2D eigenvalue weighted by atomic mass is 9.96. The van der Waals surface area contributed by atoms with Gasteiger partial charge in [0.2, 0.25) is 10.0 Å². The highest BCUT2D eigenvalue weighted by molar-refractivity contribution is 7.89. The quantitative estimate of drug-likeness (QED) is 0.812. The largest absolute Gasteiger partial charge is 0.389 e. The van der Waals surface area contributed by atoms with Crippen LogP contribution in [0, 0.1) is 11.7 Å². The first-order chi connectivity index (χ1) is 9.12. The van der Waals surface area contributed by atoms with E-state index in [9.17, 15) is 17.9 Å². The van der Waals surface area contributed by atoms with Crippen LogP contribution < -0.4 is 4.72 Å². The van der Waals surface area contributed by atoms with E-state index in [1.54, 1.807) is 6.92 Å². The van der Waals surface area contributed by atoms with Gasteiger partial charge in [0, 0.05) is 6.54 Å². The number of hydrogen-bond acceptors (Lipinski definition) is 3. The molecule has 0 bridgehead atoms. The first kappa shape index (κ1) is 17.1. The Morgan fingerprint density at radius 1 is 1.30 bits per heavy atom. The molecule has 1 unspecified atom stereocenters. The van der Waals surface area contributed by atoms with E-state index in [4.69, 9.17) is 0 Å². The van der Waals surface area contributed by atoms with Gasteiger partial charge in [-0.15, -0.1) is 0 Å². The molecule has 1 aromatic rings.